The van der Waals surface area contributed by atoms with Crippen LogP contribution in [0.4, 0.5) is 0 Å². The number of thiophene rings is 1. The van der Waals surface area contributed by atoms with Gasteiger partial charge in [0.1, 0.15) is 11.4 Å². The highest BCUT2D eigenvalue weighted by atomic mass is 32.1. The molecule has 0 amide bonds. The van der Waals surface area contributed by atoms with Crippen molar-refractivity contribution in [2.75, 3.05) is 0 Å². The average Bonchev–Trinajstić information content (AvgIpc) is 3.08. The van der Waals surface area contributed by atoms with Crippen LogP contribution in [-0.2, 0) is 16.1 Å². The molecular weight excluding hydrogens is 322 g/mol. The van der Waals surface area contributed by atoms with Crippen LogP contribution in [0.3, 0.4) is 0 Å². The van der Waals surface area contributed by atoms with Gasteiger partial charge in [0.25, 0.3) is 0 Å². The molecule has 130 valence electrons. The molecule has 2 unspecified atom stereocenters. The summed E-state index contributed by atoms with van der Waals surface area (Å²) in [7, 11) is 0. The molecule has 1 aromatic carbocycles. The Kier molecular flexibility index (Phi) is 6.40. The lowest BCUT2D eigenvalue weighted by Crippen LogP contribution is -2.44. The molecule has 0 aliphatic rings. The average molecular weight is 347 g/mol. The van der Waals surface area contributed by atoms with Crippen molar-refractivity contribution in [3.63, 3.8) is 0 Å². The first-order valence-electron chi connectivity index (χ1n) is 8.19. The Balaban J connectivity index is 2.10. The summed E-state index contributed by atoms with van der Waals surface area (Å²) in [6.07, 6.45) is 2.55. The van der Waals surface area contributed by atoms with E-state index in [0.717, 1.165) is 25.0 Å². The van der Waals surface area contributed by atoms with Crippen LogP contribution in [0, 0.1) is 5.92 Å². The molecule has 0 bridgehead atoms. The molecule has 0 spiro atoms. The molecule has 0 radical (unpaired) electrons. The fraction of sp³-hybridized carbons (Fsp3) is 0.421. The van der Waals surface area contributed by atoms with Crippen molar-refractivity contribution in [3.8, 4) is 5.75 Å². The van der Waals surface area contributed by atoms with Gasteiger partial charge in [0.05, 0.1) is 5.92 Å². The van der Waals surface area contributed by atoms with Crippen LogP contribution < -0.4 is 10.6 Å². The van der Waals surface area contributed by atoms with E-state index in [4.69, 9.17) is 10.6 Å². The Hall–Kier alpha value is -1.85. The van der Waals surface area contributed by atoms with Crippen LogP contribution in [0.25, 0.3) is 0 Å². The molecule has 0 aliphatic carbocycles. The monoisotopic (exact) mass is 347 g/mol. The van der Waals surface area contributed by atoms with Crippen LogP contribution in [-0.4, -0.2) is 11.6 Å². The minimum Gasteiger partial charge on any atom is -0.487 e. The Bertz CT molecular complexity index is 639. The second kappa shape index (κ2) is 8.31. The second-order valence-corrected chi connectivity index (χ2v) is 7.26. The highest BCUT2D eigenvalue weighted by Crippen LogP contribution is 2.31. The maximum absolute atomic E-state index is 11.8. The molecule has 0 fully saturated rings. The molecule has 24 heavy (non-hydrogen) atoms. The third-order valence-electron chi connectivity index (χ3n) is 4.36. The van der Waals surface area contributed by atoms with Gasteiger partial charge in [-0.15, -0.1) is 11.3 Å². The highest BCUT2D eigenvalue weighted by molar-refractivity contribution is 7.09. The molecule has 2 N–H and O–H groups in total. The third kappa shape index (κ3) is 4.58. The number of carbonyl (C=O) groups excluding carboxylic acids is 1. The molecule has 0 saturated carbocycles. The van der Waals surface area contributed by atoms with E-state index >= 15 is 0 Å². The first-order valence-corrected chi connectivity index (χ1v) is 9.07. The van der Waals surface area contributed by atoms with E-state index in [2.05, 4.69) is 41.4 Å². The zero-order valence-electron chi connectivity index (χ0n) is 14.5. The number of carbonyl (C=O) groups is 1. The predicted molar refractivity (Wildman–Crippen MR) is 97.0 cm³/mol. The van der Waals surface area contributed by atoms with E-state index in [0.29, 0.717) is 0 Å². The lowest BCUT2D eigenvalue weighted by molar-refractivity contribution is -0.156. The minimum atomic E-state index is -0.652. The van der Waals surface area contributed by atoms with Gasteiger partial charge in [0.2, 0.25) is 0 Å². The van der Waals surface area contributed by atoms with Gasteiger partial charge in [0.15, 0.2) is 0 Å². The maximum atomic E-state index is 11.8. The minimum absolute atomic E-state index is 0.451. The standard InChI is InChI=1S/C19H25NO3S/c1-4-11-19(3,14(2)18(21)23-20)22-16-9-7-15(8-10-16)13-17-6-5-12-24-17/h5-10,12,14H,4,11,13,20H2,1-3H3. The van der Waals surface area contributed by atoms with Gasteiger partial charge in [-0.05, 0) is 49.4 Å². The fourth-order valence-electron chi connectivity index (χ4n) is 2.76. The SMILES string of the molecule is CCCC(C)(Oc1ccc(Cc2cccs2)cc1)C(C)C(=O)ON. The second-order valence-electron chi connectivity index (χ2n) is 6.22. The summed E-state index contributed by atoms with van der Waals surface area (Å²) in [6, 6.07) is 12.2. The van der Waals surface area contributed by atoms with Gasteiger partial charge in [-0.2, -0.15) is 5.90 Å². The van der Waals surface area contributed by atoms with Gasteiger partial charge in [-0.25, -0.2) is 4.79 Å². The molecular formula is C19H25NO3S. The van der Waals surface area contributed by atoms with Crippen LogP contribution in [0.1, 0.15) is 44.1 Å². The molecule has 1 aromatic heterocycles. The first kappa shape index (κ1) is 18.5. The molecule has 0 aliphatic heterocycles. The van der Waals surface area contributed by atoms with Crippen molar-refractivity contribution in [3.05, 3.63) is 52.2 Å². The molecule has 2 rings (SSSR count). The van der Waals surface area contributed by atoms with E-state index in [1.54, 1.807) is 18.3 Å². The van der Waals surface area contributed by atoms with E-state index in [9.17, 15) is 4.79 Å². The van der Waals surface area contributed by atoms with Crippen LogP contribution in [0.15, 0.2) is 41.8 Å². The van der Waals surface area contributed by atoms with Crippen molar-refractivity contribution < 1.29 is 14.4 Å². The molecule has 4 nitrogen and oxygen atoms in total. The topological polar surface area (TPSA) is 61.5 Å². The third-order valence-corrected chi connectivity index (χ3v) is 5.24. The summed E-state index contributed by atoms with van der Waals surface area (Å²) in [4.78, 5) is 17.6. The lowest BCUT2D eigenvalue weighted by Gasteiger charge is -2.34. The zero-order valence-corrected chi connectivity index (χ0v) is 15.3. The number of nitrogens with two attached hydrogens (primary N) is 1. The summed E-state index contributed by atoms with van der Waals surface area (Å²) < 4.78 is 6.16. The Morgan fingerprint density at radius 1 is 1.29 bits per heavy atom. The molecule has 1 heterocycles. The fourth-order valence-corrected chi connectivity index (χ4v) is 3.50. The van der Waals surface area contributed by atoms with E-state index in [-0.39, 0.29) is 0 Å². The molecule has 2 atom stereocenters. The van der Waals surface area contributed by atoms with Crippen molar-refractivity contribution in [1.29, 1.82) is 0 Å². The Morgan fingerprint density at radius 2 is 2.00 bits per heavy atom. The number of hydrogen-bond donors (Lipinski definition) is 1. The molecule has 5 heteroatoms. The number of hydrogen-bond acceptors (Lipinski definition) is 5. The predicted octanol–water partition coefficient (Wildman–Crippen LogP) is 4.33. The van der Waals surface area contributed by atoms with Gasteiger partial charge >= 0.3 is 5.97 Å². The molecule has 2 aromatic rings. The summed E-state index contributed by atoms with van der Waals surface area (Å²) in [5, 5.41) is 2.08. The Labute approximate surface area is 147 Å². The van der Waals surface area contributed by atoms with Gasteiger partial charge in [0, 0.05) is 11.3 Å². The van der Waals surface area contributed by atoms with E-state index < -0.39 is 17.5 Å². The summed E-state index contributed by atoms with van der Waals surface area (Å²) in [5.74, 6) is 4.88. The number of rotatable bonds is 8. The zero-order chi connectivity index (χ0) is 17.6. The smallest absolute Gasteiger partial charge is 0.331 e. The number of benzene rings is 1. The van der Waals surface area contributed by atoms with Crippen molar-refractivity contribution in [2.45, 2.75) is 45.6 Å². The normalized spacial score (nSPS) is 14.7. The van der Waals surface area contributed by atoms with Crippen molar-refractivity contribution >= 4 is 17.3 Å². The van der Waals surface area contributed by atoms with Crippen LogP contribution in [0.5, 0.6) is 5.75 Å². The van der Waals surface area contributed by atoms with Gasteiger partial charge in [-0.3, -0.25) is 0 Å². The summed E-state index contributed by atoms with van der Waals surface area (Å²) in [5.41, 5.74) is 0.580. The quantitative estimate of drug-likeness (QED) is 0.722. The summed E-state index contributed by atoms with van der Waals surface area (Å²) in [6.45, 7) is 5.78. The van der Waals surface area contributed by atoms with E-state index in [1.165, 1.54) is 10.4 Å². The van der Waals surface area contributed by atoms with Crippen LogP contribution >= 0.6 is 11.3 Å². The van der Waals surface area contributed by atoms with Crippen molar-refractivity contribution in [1.82, 2.24) is 0 Å². The lowest BCUT2D eigenvalue weighted by atomic mass is 9.86. The van der Waals surface area contributed by atoms with Gasteiger partial charge < -0.3 is 9.57 Å². The first-order chi connectivity index (χ1) is 11.5. The Morgan fingerprint density at radius 3 is 2.54 bits per heavy atom. The largest absolute Gasteiger partial charge is 0.487 e. The highest BCUT2D eigenvalue weighted by Gasteiger charge is 2.38. The van der Waals surface area contributed by atoms with E-state index in [1.807, 2.05) is 19.1 Å². The van der Waals surface area contributed by atoms with Crippen molar-refractivity contribution in [2.24, 2.45) is 11.8 Å². The van der Waals surface area contributed by atoms with Gasteiger partial charge in [-0.1, -0.05) is 31.5 Å². The number of ether oxygens (including phenoxy) is 1. The van der Waals surface area contributed by atoms with Crippen LogP contribution in [0.2, 0.25) is 0 Å². The maximum Gasteiger partial charge on any atom is 0.331 e. The summed E-state index contributed by atoms with van der Waals surface area (Å²) >= 11 is 1.75. The molecule has 0 saturated heterocycles.